The maximum absolute atomic E-state index is 13.7. The standard InChI is InChI=1S/C35H53NO5/c1-8-16-27(17-9-2)29(37)23-24-35(6,7)30(22-21-26-18-12-11-13-19-26)41-33(40)28-20-14-15-25-36(28)32(39)31(38)34(4,5)10-3/h11-13,18-19,23-24,27-28,30H,8-10,14-17,20-22,25H2,1-7H3/b24-23+/t28-,30+/m0/s1. The molecule has 6 nitrogen and oxygen atoms in total. The van der Waals surface area contributed by atoms with Crippen LogP contribution in [0.15, 0.2) is 42.5 Å². The molecule has 228 valence electrons. The molecule has 41 heavy (non-hydrogen) atoms. The van der Waals surface area contributed by atoms with Crippen LogP contribution in [0.4, 0.5) is 0 Å². The summed E-state index contributed by atoms with van der Waals surface area (Å²) in [4.78, 5) is 54.5. The Balaban J connectivity index is 2.30. The minimum absolute atomic E-state index is 0.00841. The van der Waals surface area contributed by atoms with Crippen molar-refractivity contribution in [2.45, 2.75) is 125 Å². The van der Waals surface area contributed by atoms with Crippen LogP contribution in [0.2, 0.25) is 0 Å². The number of likely N-dealkylation sites (tertiary alicyclic amines) is 1. The van der Waals surface area contributed by atoms with Gasteiger partial charge in [0, 0.05) is 23.3 Å². The number of rotatable bonds is 16. The summed E-state index contributed by atoms with van der Waals surface area (Å²) in [6, 6.07) is 9.26. The average molecular weight is 568 g/mol. The molecular formula is C35H53NO5. The molecule has 1 saturated heterocycles. The van der Waals surface area contributed by atoms with Gasteiger partial charge < -0.3 is 9.64 Å². The van der Waals surface area contributed by atoms with Crippen molar-refractivity contribution in [3.05, 3.63) is 48.0 Å². The number of benzene rings is 1. The molecule has 0 bridgehead atoms. The van der Waals surface area contributed by atoms with Gasteiger partial charge in [-0.15, -0.1) is 0 Å². The molecule has 2 atom stereocenters. The van der Waals surface area contributed by atoms with Gasteiger partial charge >= 0.3 is 5.97 Å². The van der Waals surface area contributed by atoms with E-state index >= 15 is 0 Å². The Hall–Kier alpha value is -2.76. The molecule has 0 saturated carbocycles. The van der Waals surface area contributed by atoms with Crippen LogP contribution in [0, 0.1) is 16.7 Å². The highest BCUT2D eigenvalue weighted by Gasteiger charge is 2.42. The van der Waals surface area contributed by atoms with Crippen LogP contribution in [-0.2, 0) is 30.3 Å². The van der Waals surface area contributed by atoms with E-state index in [0.29, 0.717) is 32.2 Å². The second kappa shape index (κ2) is 16.0. The number of ether oxygens (including phenoxy) is 1. The van der Waals surface area contributed by atoms with Gasteiger partial charge in [-0.1, -0.05) is 97.7 Å². The second-order valence-corrected chi connectivity index (χ2v) is 12.9. The molecule has 1 aromatic carbocycles. The number of carbonyl (C=O) groups excluding carboxylic acids is 4. The molecule has 0 aromatic heterocycles. The molecule has 1 fully saturated rings. The van der Waals surface area contributed by atoms with Crippen LogP contribution < -0.4 is 0 Å². The summed E-state index contributed by atoms with van der Waals surface area (Å²) in [7, 11) is 0. The van der Waals surface area contributed by atoms with Crippen molar-refractivity contribution < 1.29 is 23.9 Å². The Labute approximate surface area is 248 Å². The zero-order chi connectivity index (χ0) is 30.6. The van der Waals surface area contributed by atoms with Crippen LogP contribution >= 0.6 is 0 Å². The number of esters is 1. The Bertz CT molecular complexity index is 1040. The van der Waals surface area contributed by atoms with E-state index in [-0.39, 0.29) is 11.7 Å². The van der Waals surface area contributed by atoms with Crippen LogP contribution in [0.3, 0.4) is 0 Å². The Morgan fingerprint density at radius 3 is 2.17 bits per heavy atom. The van der Waals surface area contributed by atoms with Gasteiger partial charge in [0.05, 0.1) is 0 Å². The third-order valence-corrected chi connectivity index (χ3v) is 8.71. The predicted octanol–water partition coefficient (Wildman–Crippen LogP) is 7.29. The van der Waals surface area contributed by atoms with Crippen molar-refractivity contribution in [1.29, 1.82) is 0 Å². The zero-order valence-corrected chi connectivity index (χ0v) is 26.5. The summed E-state index contributed by atoms with van der Waals surface area (Å²) in [5.41, 5.74) is -0.266. The lowest BCUT2D eigenvalue weighted by atomic mass is 9.81. The molecule has 0 spiro atoms. The Morgan fingerprint density at radius 1 is 0.951 bits per heavy atom. The van der Waals surface area contributed by atoms with E-state index in [1.165, 1.54) is 4.90 Å². The van der Waals surface area contributed by atoms with Gasteiger partial charge in [-0.05, 0) is 63.0 Å². The van der Waals surface area contributed by atoms with E-state index in [0.717, 1.165) is 44.1 Å². The van der Waals surface area contributed by atoms with Crippen LogP contribution in [-0.4, -0.2) is 47.0 Å². The summed E-state index contributed by atoms with van der Waals surface area (Å²) in [5.74, 6) is -1.40. The highest BCUT2D eigenvalue weighted by Crippen LogP contribution is 2.32. The van der Waals surface area contributed by atoms with Crippen molar-refractivity contribution >= 4 is 23.4 Å². The number of amides is 1. The molecule has 1 heterocycles. The minimum Gasteiger partial charge on any atom is -0.460 e. The lowest BCUT2D eigenvalue weighted by molar-refractivity contribution is -0.167. The topological polar surface area (TPSA) is 80.8 Å². The molecule has 0 radical (unpaired) electrons. The van der Waals surface area contributed by atoms with Crippen molar-refractivity contribution in [2.75, 3.05) is 6.54 Å². The number of carbonyl (C=O) groups is 4. The first-order chi connectivity index (χ1) is 19.4. The fourth-order valence-corrected chi connectivity index (χ4v) is 5.41. The largest absolute Gasteiger partial charge is 0.460 e. The lowest BCUT2D eigenvalue weighted by Gasteiger charge is -2.38. The molecule has 2 rings (SSSR count). The molecule has 0 N–H and O–H groups in total. The third kappa shape index (κ3) is 9.93. The fraction of sp³-hybridized carbons (Fsp3) is 0.657. The summed E-state index contributed by atoms with van der Waals surface area (Å²) in [6.45, 7) is 14.0. The molecule has 6 heteroatoms. The number of hydrogen-bond donors (Lipinski definition) is 0. The highest BCUT2D eigenvalue weighted by molar-refractivity contribution is 6.38. The predicted molar refractivity (Wildman–Crippen MR) is 164 cm³/mol. The van der Waals surface area contributed by atoms with Crippen LogP contribution in [0.25, 0.3) is 0 Å². The summed E-state index contributed by atoms with van der Waals surface area (Å²) in [5, 5.41) is 0. The normalized spacial score (nSPS) is 17.1. The number of nitrogens with zero attached hydrogens (tertiary/aromatic N) is 1. The maximum Gasteiger partial charge on any atom is 0.329 e. The fourth-order valence-electron chi connectivity index (χ4n) is 5.41. The molecule has 1 aromatic rings. The lowest BCUT2D eigenvalue weighted by Crippen LogP contribution is -2.54. The number of allylic oxidation sites excluding steroid dienone is 1. The number of Topliss-reactive ketones (excluding diaryl/α,β-unsaturated/α-hetero) is 1. The van der Waals surface area contributed by atoms with E-state index in [9.17, 15) is 19.2 Å². The van der Waals surface area contributed by atoms with Gasteiger partial charge in [0.15, 0.2) is 5.78 Å². The van der Waals surface area contributed by atoms with E-state index in [1.54, 1.807) is 19.9 Å². The molecule has 1 aliphatic heterocycles. The van der Waals surface area contributed by atoms with Crippen molar-refractivity contribution in [2.24, 2.45) is 16.7 Å². The summed E-state index contributed by atoms with van der Waals surface area (Å²) < 4.78 is 6.23. The van der Waals surface area contributed by atoms with Crippen molar-refractivity contribution in [3.8, 4) is 0 Å². The first-order valence-corrected chi connectivity index (χ1v) is 15.7. The molecular weight excluding hydrogens is 514 g/mol. The van der Waals surface area contributed by atoms with E-state index in [2.05, 4.69) is 13.8 Å². The van der Waals surface area contributed by atoms with Gasteiger partial charge in [0.1, 0.15) is 12.1 Å². The van der Waals surface area contributed by atoms with Gasteiger partial charge in [-0.25, -0.2) is 4.79 Å². The monoisotopic (exact) mass is 567 g/mol. The quantitative estimate of drug-likeness (QED) is 0.119. The molecule has 1 aliphatic rings. The minimum atomic E-state index is -0.785. The smallest absolute Gasteiger partial charge is 0.329 e. The van der Waals surface area contributed by atoms with E-state index in [4.69, 9.17) is 4.74 Å². The van der Waals surface area contributed by atoms with E-state index < -0.39 is 40.6 Å². The first-order valence-electron chi connectivity index (χ1n) is 15.7. The van der Waals surface area contributed by atoms with E-state index in [1.807, 2.05) is 57.2 Å². The van der Waals surface area contributed by atoms with Gasteiger partial charge in [-0.3, -0.25) is 14.4 Å². The Kier molecular flexibility index (Phi) is 13.5. The SMILES string of the molecule is CCCC(CCC)C(=O)/C=C/C(C)(C)[C@@H](CCc1ccccc1)OC(=O)[C@@H]1CCCCN1C(=O)C(=O)C(C)(C)CC. The van der Waals surface area contributed by atoms with Crippen molar-refractivity contribution in [3.63, 3.8) is 0 Å². The Morgan fingerprint density at radius 2 is 1.59 bits per heavy atom. The second-order valence-electron chi connectivity index (χ2n) is 12.9. The molecule has 1 amide bonds. The molecule has 0 unspecified atom stereocenters. The summed E-state index contributed by atoms with van der Waals surface area (Å²) in [6.07, 6.45) is 10.5. The number of hydrogen-bond acceptors (Lipinski definition) is 5. The zero-order valence-electron chi connectivity index (χ0n) is 26.5. The van der Waals surface area contributed by atoms with Crippen LogP contribution in [0.1, 0.15) is 112 Å². The van der Waals surface area contributed by atoms with Gasteiger partial charge in [-0.2, -0.15) is 0 Å². The van der Waals surface area contributed by atoms with Gasteiger partial charge in [0.25, 0.3) is 5.91 Å². The number of aryl methyl sites for hydroxylation is 1. The summed E-state index contributed by atoms with van der Waals surface area (Å²) >= 11 is 0. The van der Waals surface area contributed by atoms with Crippen LogP contribution in [0.5, 0.6) is 0 Å². The number of piperidine rings is 1. The van der Waals surface area contributed by atoms with Crippen molar-refractivity contribution in [1.82, 2.24) is 4.90 Å². The first kappa shape index (κ1) is 34.4. The maximum atomic E-state index is 13.7. The molecule has 0 aliphatic carbocycles. The average Bonchev–Trinajstić information content (AvgIpc) is 2.97. The third-order valence-electron chi connectivity index (χ3n) is 8.71. The van der Waals surface area contributed by atoms with Gasteiger partial charge in [0.2, 0.25) is 5.78 Å². The highest BCUT2D eigenvalue weighted by atomic mass is 16.5. The number of ketones is 2.